The van der Waals surface area contributed by atoms with Crippen LogP contribution in [0, 0.1) is 18.8 Å². The molecule has 4 heteroatoms. The Balaban J connectivity index is 1.62. The second kappa shape index (κ2) is 10.5. The number of aromatic nitrogens is 1. The van der Waals surface area contributed by atoms with Gasteiger partial charge >= 0.3 is 0 Å². The van der Waals surface area contributed by atoms with Crippen molar-refractivity contribution in [1.29, 1.82) is 0 Å². The van der Waals surface area contributed by atoms with Crippen LogP contribution in [0.1, 0.15) is 16.8 Å². The smallest absolute Gasteiger partial charge is 0.122 e. The first-order chi connectivity index (χ1) is 14.2. The molecule has 3 rings (SSSR count). The third kappa shape index (κ3) is 6.22. The molecule has 0 spiro atoms. The number of aryl methyl sites for hydroxylation is 1. The van der Waals surface area contributed by atoms with Gasteiger partial charge in [-0.1, -0.05) is 41.8 Å². The molecule has 2 aromatic carbocycles. The summed E-state index contributed by atoms with van der Waals surface area (Å²) in [5.41, 5.74) is 4.84. The largest absolute Gasteiger partial charge is 0.492 e. The van der Waals surface area contributed by atoms with Gasteiger partial charge in [0, 0.05) is 35.4 Å². The van der Waals surface area contributed by atoms with Crippen LogP contribution in [0.4, 0.5) is 0 Å². The zero-order valence-electron chi connectivity index (χ0n) is 16.4. The first kappa shape index (κ1) is 20.7. The predicted octanol–water partition coefficient (Wildman–Crippen LogP) is 5.26. The number of benzene rings is 2. The van der Waals surface area contributed by atoms with Crippen molar-refractivity contribution in [2.24, 2.45) is 0 Å². The molecule has 0 fully saturated rings. The van der Waals surface area contributed by atoms with E-state index in [1.54, 1.807) is 0 Å². The van der Waals surface area contributed by atoms with Crippen molar-refractivity contribution in [3.05, 3.63) is 95.3 Å². The summed E-state index contributed by atoms with van der Waals surface area (Å²) in [5, 5.41) is 3.94. The number of nitrogens with zero attached hydrogens (tertiary/aromatic N) is 1. The van der Waals surface area contributed by atoms with Gasteiger partial charge in [-0.05, 0) is 60.4 Å². The van der Waals surface area contributed by atoms with Crippen LogP contribution in [0.25, 0.3) is 11.1 Å². The average Bonchev–Trinajstić information content (AvgIpc) is 2.74. The normalized spacial score (nSPS) is 10.1. The molecule has 3 nitrogen and oxygen atoms in total. The van der Waals surface area contributed by atoms with Crippen molar-refractivity contribution in [2.45, 2.75) is 6.92 Å². The van der Waals surface area contributed by atoms with E-state index in [-0.39, 0.29) is 0 Å². The molecule has 0 aliphatic heterocycles. The highest BCUT2D eigenvalue weighted by Gasteiger charge is 2.01. The molecular formula is C25H23ClN2O. The van der Waals surface area contributed by atoms with E-state index in [0.29, 0.717) is 6.61 Å². The second-order valence-electron chi connectivity index (χ2n) is 6.51. The van der Waals surface area contributed by atoms with E-state index in [2.05, 4.69) is 28.7 Å². The van der Waals surface area contributed by atoms with Crippen LogP contribution in [-0.2, 0) is 0 Å². The lowest BCUT2D eigenvalue weighted by Gasteiger charge is -2.09. The number of halogens is 1. The van der Waals surface area contributed by atoms with Gasteiger partial charge < -0.3 is 10.1 Å². The van der Waals surface area contributed by atoms with Gasteiger partial charge in [0.25, 0.3) is 0 Å². The van der Waals surface area contributed by atoms with Gasteiger partial charge in [-0.2, -0.15) is 0 Å². The van der Waals surface area contributed by atoms with E-state index in [1.807, 2.05) is 73.8 Å². The van der Waals surface area contributed by atoms with Crippen molar-refractivity contribution < 1.29 is 4.74 Å². The van der Waals surface area contributed by atoms with Crippen molar-refractivity contribution in [3.63, 3.8) is 0 Å². The van der Waals surface area contributed by atoms with Gasteiger partial charge in [-0.25, -0.2) is 4.98 Å². The Bertz CT molecular complexity index is 1020. The van der Waals surface area contributed by atoms with E-state index < -0.39 is 0 Å². The zero-order valence-corrected chi connectivity index (χ0v) is 17.2. The maximum Gasteiger partial charge on any atom is 0.122 e. The topological polar surface area (TPSA) is 34.1 Å². The SMILES string of the molecule is C=CCNCCOc1ccc(C#Cc2ccc(-c3ccc(Cl)cc3)cn2)cc1C. The molecule has 0 unspecified atom stereocenters. The van der Waals surface area contributed by atoms with Crippen LogP contribution < -0.4 is 10.1 Å². The molecule has 3 aromatic rings. The molecule has 0 radical (unpaired) electrons. The summed E-state index contributed by atoms with van der Waals surface area (Å²) in [6.45, 7) is 7.88. The molecule has 0 bridgehead atoms. The minimum absolute atomic E-state index is 0.615. The minimum Gasteiger partial charge on any atom is -0.492 e. The zero-order chi connectivity index (χ0) is 20.5. The number of nitrogens with one attached hydrogen (secondary N) is 1. The molecule has 0 saturated heterocycles. The quantitative estimate of drug-likeness (QED) is 0.332. The fourth-order valence-electron chi connectivity index (χ4n) is 2.74. The van der Waals surface area contributed by atoms with E-state index in [1.165, 1.54) is 0 Å². The Morgan fingerprint density at radius 3 is 2.55 bits per heavy atom. The minimum atomic E-state index is 0.615. The van der Waals surface area contributed by atoms with Crippen molar-refractivity contribution >= 4 is 11.6 Å². The first-order valence-corrected chi connectivity index (χ1v) is 9.82. The number of pyridine rings is 1. The first-order valence-electron chi connectivity index (χ1n) is 9.45. The molecule has 0 aliphatic rings. The summed E-state index contributed by atoms with van der Waals surface area (Å²) < 4.78 is 5.80. The maximum atomic E-state index is 5.94. The van der Waals surface area contributed by atoms with E-state index >= 15 is 0 Å². The van der Waals surface area contributed by atoms with Crippen molar-refractivity contribution in [2.75, 3.05) is 19.7 Å². The molecule has 29 heavy (non-hydrogen) atoms. The standard InChI is InChI=1S/C25H23ClN2O/c1-3-14-27-15-16-29-25-13-5-20(17-19(25)2)4-11-24-12-8-22(18-28-24)21-6-9-23(26)10-7-21/h3,5-10,12-13,17-18,27H,1,14-16H2,2H3. The highest BCUT2D eigenvalue weighted by Crippen LogP contribution is 2.21. The average molecular weight is 403 g/mol. The van der Waals surface area contributed by atoms with Gasteiger partial charge in [-0.3, -0.25) is 0 Å². The molecule has 1 heterocycles. The Hall–Kier alpha value is -3.06. The van der Waals surface area contributed by atoms with Gasteiger partial charge in [0.15, 0.2) is 0 Å². The fourth-order valence-corrected chi connectivity index (χ4v) is 2.87. The van der Waals surface area contributed by atoms with Gasteiger partial charge in [0.1, 0.15) is 18.1 Å². The summed E-state index contributed by atoms with van der Waals surface area (Å²) >= 11 is 5.94. The number of rotatable bonds is 7. The Morgan fingerprint density at radius 1 is 1.07 bits per heavy atom. The molecule has 0 atom stereocenters. The Labute approximate surface area is 177 Å². The summed E-state index contributed by atoms with van der Waals surface area (Å²) in [5.74, 6) is 7.17. The monoisotopic (exact) mass is 402 g/mol. The number of ether oxygens (including phenoxy) is 1. The third-order valence-corrected chi connectivity index (χ3v) is 4.53. The van der Waals surface area contributed by atoms with Crippen LogP contribution in [0.5, 0.6) is 5.75 Å². The molecular weight excluding hydrogens is 380 g/mol. The van der Waals surface area contributed by atoms with Crippen LogP contribution in [0.15, 0.2) is 73.4 Å². The molecule has 1 N–H and O–H groups in total. The van der Waals surface area contributed by atoms with Crippen LogP contribution >= 0.6 is 11.6 Å². The highest BCUT2D eigenvalue weighted by atomic mass is 35.5. The molecule has 0 aliphatic carbocycles. The van der Waals surface area contributed by atoms with Crippen molar-refractivity contribution in [3.8, 4) is 28.7 Å². The third-order valence-electron chi connectivity index (χ3n) is 4.28. The molecule has 0 amide bonds. The van der Waals surface area contributed by atoms with Crippen LogP contribution in [-0.4, -0.2) is 24.7 Å². The Morgan fingerprint density at radius 2 is 1.86 bits per heavy atom. The lowest BCUT2D eigenvalue weighted by atomic mass is 10.1. The fraction of sp³-hybridized carbons (Fsp3) is 0.160. The number of hydrogen-bond acceptors (Lipinski definition) is 3. The second-order valence-corrected chi connectivity index (χ2v) is 6.95. The van der Waals surface area contributed by atoms with Gasteiger partial charge in [-0.15, -0.1) is 6.58 Å². The summed E-state index contributed by atoms with van der Waals surface area (Å²) in [4.78, 5) is 4.45. The summed E-state index contributed by atoms with van der Waals surface area (Å²) in [6.07, 6.45) is 3.66. The molecule has 0 saturated carbocycles. The van der Waals surface area contributed by atoms with E-state index in [0.717, 1.165) is 51.8 Å². The lowest BCUT2D eigenvalue weighted by molar-refractivity contribution is 0.314. The Kier molecular flexibility index (Phi) is 7.47. The summed E-state index contributed by atoms with van der Waals surface area (Å²) in [6, 6.07) is 17.6. The van der Waals surface area contributed by atoms with Crippen LogP contribution in [0.3, 0.4) is 0 Å². The van der Waals surface area contributed by atoms with Gasteiger partial charge in [0.2, 0.25) is 0 Å². The molecule has 146 valence electrons. The lowest BCUT2D eigenvalue weighted by Crippen LogP contribution is -2.21. The van der Waals surface area contributed by atoms with Gasteiger partial charge in [0.05, 0.1) is 0 Å². The van der Waals surface area contributed by atoms with Crippen LogP contribution in [0.2, 0.25) is 5.02 Å². The van der Waals surface area contributed by atoms with Crippen molar-refractivity contribution in [1.82, 2.24) is 10.3 Å². The van der Waals surface area contributed by atoms with E-state index in [4.69, 9.17) is 16.3 Å². The van der Waals surface area contributed by atoms with E-state index in [9.17, 15) is 0 Å². The number of hydrogen-bond donors (Lipinski definition) is 1. The predicted molar refractivity (Wildman–Crippen MR) is 120 cm³/mol. The highest BCUT2D eigenvalue weighted by molar-refractivity contribution is 6.30. The maximum absolute atomic E-state index is 5.94. The summed E-state index contributed by atoms with van der Waals surface area (Å²) in [7, 11) is 0. The molecule has 1 aromatic heterocycles.